The van der Waals surface area contributed by atoms with Crippen LogP contribution in [0.5, 0.6) is 0 Å². The lowest BCUT2D eigenvalue weighted by molar-refractivity contribution is 0.857. The molecule has 0 atom stereocenters. The second-order valence-electron chi connectivity index (χ2n) is 4.14. The molecule has 0 bridgehead atoms. The second-order valence-corrected chi connectivity index (χ2v) is 5.17. The molecule has 1 aromatic heterocycles. The third-order valence-corrected chi connectivity index (χ3v) is 3.84. The van der Waals surface area contributed by atoms with Crippen molar-refractivity contribution in [3.63, 3.8) is 0 Å². The summed E-state index contributed by atoms with van der Waals surface area (Å²) in [4.78, 5) is 4.65. The van der Waals surface area contributed by atoms with Gasteiger partial charge >= 0.3 is 0 Å². The van der Waals surface area contributed by atoms with Crippen LogP contribution >= 0.6 is 11.3 Å². The maximum absolute atomic E-state index is 4.65. The van der Waals surface area contributed by atoms with E-state index in [0.29, 0.717) is 5.92 Å². The number of aromatic nitrogens is 1. The maximum atomic E-state index is 4.65. The van der Waals surface area contributed by atoms with E-state index in [0.717, 1.165) is 5.52 Å². The van der Waals surface area contributed by atoms with Gasteiger partial charge in [0, 0.05) is 5.92 Å². The largest absolute Gasteiger partial charge is 0.241 e. The number of fused-ring (bicyclic) bond motifs is 1. The van der Waals surface area contributed by atoms with Crippen LogP contribution in [0.4, 0.5) is 0 Å². The van der Waals surface area contributed by atoms with E-state index in [1.54, 1.807) is 0 Å². The molecule has 14 heavy (non-hydrogen) atoms. The van der Waals surface area contributed by atoms with Crippen molar-refractivity contribution in [2.45, 2.75) is 33.6 Å². The minimum absolute atomic E-state index is 0.534. The molecule has 0 amide bonds. The summed E-state index contributed by atoms with van der Waals surface area (Å²) in [6.45, 7) is 8.68. The first kappa shape index (κ1) is 9.66. The Morgan fingerprint density at radius 1 is 1.21 bits per heavy atom. The number of benzene rings is 1. The maximum Gasteiger partial charge on any atom is 0.0964 e. The quantitative estimate of drug-likeness (QED) is 0.684. The summed E-state index contributed by atoms with van der Waals surface area (Å²) in [7, 11) is 0. The fraction of sp³-hybridized carbons (Fsp3) is 0.417. The molecule has 0 N–H and O–H groups in total. The third-order valence-electron chi connectivity index (χ3n) is 2.33. The predicted molar refractivity (Wildman–Crippen MR) is 63.2 cm³/mol. The Morgan fingerprint density at radius 3 is 2.57 bits per heavy atom. The van der Waals surface area contributed by atoms with Crippen molar-refractivity contribution >= 4 is 21.6 Å². The van der Waals surface area contributed by atoms with Crippen LogP contribution in [0.1, 0.15) is 35.9 Å². The molecule has 0 aliphatic heterocycles. The van der Waals surface area contributed by atoms with E-state index in [-0.39, 0.29) is 0 Å². The first-order valence-corrected chi connectivity index (χ1v) is 5.77. The number of rotatable bonds is 1. The van der Waals surface area contributed by atoms with Gasteiger partial charge in [0.25, 0.3) is 0 Å². The van der Waals surface area contributed by atoms with Crippen molar-refractivity contribution < 1.29 is 0 Å². The third kappa shape index (κ3) is 1.55. The standard InChI is InChI=1S/C12H15NS/c1-7(2)12-13-10-6-8(3)5-9(4)11(10)14-12/h5-7H,1-4H3. The lowest BCUT2D eigenvalue weighted by atomic mass is 10.1. The number of thiazole rings is 1. The zero-order valence-corrected chi connectivity index (χ0v) is 9.90. The Hall–Kier alpha value is -0.890. The van der Waals surface area contributed by atoms with E-state index < -0.39 is 0 Å². The van der Waals surface area contributed by atoms with E-state index in [4.69, 9.17) is 0 Å². The smallest absolute Gasteiger partial charge is 0.0964 e. The molecule has 0 saturated heterocycles. The molecule has 1 nitrogen and oxygen atoms in total. The normalized spacial score (nSPS) is 11.5. The fourth-order valence-electron chi connectivity index (χ4n) is 1.64. The van der Waals surface area contributed by atoms with Crippen LogP contribution in [0.15, 0.2) is 12.1 Å². The molecule has 0 fully saturated rings. The molecule has 0 radical (unpaired) electrons. The van der Waals surface area contributed by atoms with Crippen LogP contribution in [-0.4, -0.2) is 4.98 Å². The molecule has 0 saturated carbocycles. The van der Waals surface area contributed by atoms with Crippen LogP contribution < -0.4 is 0 Å². The first-order valence-electron chi connectivity index (χ1n) is 4.95. The highest BCUT2D eigenvalue weighted by molar-refractivity contribution is 7.18. The van der Waals surface area contributed by atoms with E-state index in [2.05, 4.69) is 44.8 Å². The van der Waals surface area contributed by atoms with Crippen molar-refractivity contribution in [2.24, 2.45) is 0 Å². The van der Waals surface area contributed by atoms with Gasteiger partial charge in [0.05, 0.1) is 15.2 Å². The average molecular weight is 205 g/mol. The van der Waals surface area contributed by atoms with Crippen molar-refractivity contribution in [1.29, 1.82) is 0 Å². The minimum Gasteiger partial charge on any atom is -0.241 e. The topological polar surface area (TPSA) is 12.9 Å². The molecule has 1 heterocycles. The number of hydrogen-bond acceptors (Lipinski definition) is 2. The summed E-state index contributed by atoms with van der Waals surface area (Å²) in [5.41, 5.74) is 3.82. The van der Waals surface area contributed by atoms with Gasteiger partial charge < -0.3 is 0 Å². The molecule has 74 valence electrons. The molecule has 2 aromatic rings. The van der Waals surface area contributed by atoms with Gasteiger partial charge in [0.2, 0.25) is 0 Å². The predicted octanol–water partition coefficient (Wildman–Crippen LogP) is 4.04. The summed E-state index contributed by atoms with van der Waals surface area (Å²) in [5, 5.41) is 1.24. The highest BCUT2D eigenvalue weighted by Crippen LogP contribution is 2.30. The Labute approximate surface area is 88.8 Å². The molecular formula is C12H15NS. The molecule has 0 aliphatic rings. The van der Waals surface area contributed by atoms with Gasteiger partial charge in [0.15, 0.2) is 0 Å². The van der Waals surface area contributed by atoms with Crippen LogP contribution in [0.3, 0.4) is 0 Å². The van der Waals surface area contributed by atoms with Gasteiger partial charge in [-0.25, -0.2) is 4.98 Å². The lowest BCUT2D eigenvalue weighted by Crippen LogP contribution is -1.83. The van der Waals surface area contributed by atoms with Gasteiger partial charge in [-0.3, -0.25) is 0 Å². The molecule has 0 unspecified atom stereocenters. The van der Waals surface area contributed by atoms with E-state index >= 15 is 0 Å². The second kappa shape index (κ2) is 3.35. The van der Waals surface area contributed by atoms with Crippen LogP contribution in [0, 0.1) is 13.8 Å². The van der Waals surface area contributed by atoms with Crippen LogP contribution in [0.2, 0.25) is 0 Å². The molecule has 2 rings (SSSR count). The van der Waals surface area contributed by atoms with Crippen molar-refractivity contribution in [1.82, 2.24) is 4.98 Å². The highest BCUT2D eigenvalue weighted by Gasteiger charge is 2.09. The van der Waals surface area contributed by atoms with Crippen molar-refractivity contribution in [3.05, 3.63) is 28.3 Å². The average Bonchev–Trinajstić information content (AvgIpc) is 2.47. The fourth-order valence-corrected chi connectivity index (χ4v) is 2.66. The van der Waals surface area contributed by atoms with E-state index in [9.17, 15) is 0 Å². The molecule has 2 heteroatoms. The molecular weight excluding hydrogens is 190 g/mol. The van der Waals surface area contributed by atoms with Crippen molar-refractivity contribution in [2.75, 3.05) is 0 Å². The van der Waals surface area contributed by atoms with Gasteiger partial charge in [-0.05, 0) is 31.0 Å². The Balaban J connectivity index is 2.70. The summed E-state index contributed by atoms with van der Waals surface area (Å²) in [5.74, 6) is 0.534. The summed E-state index contributed by atoms with van der Waals surface area (Å²) in [6, 6.07) is 4.40. The SMILES string of the molecule is Cc1cc(C)c2sc(C(C)C)nc2c1. The van der Waals surface area contributed by atoms with Gasteiger partial charge in [-0.15, -0.1) is 11.3 Å². The Bertz CT molecular complexity index is 468. The number of hydrogen-bond donors (Lipinski definition) is 0. The highest BCUT2D eigenvalue weighted by atomic mass is 32.1. The monoisotopic (exact) mass is 205 g/mol. The minimum atomic E-state index is 0.534. The van der Waals surface area contributed by atoms with Crippen LogP contribution in [-0.2, 0) is 0 Å². The number of nitrogens with zero attached hydrogens (tertiary/aromatic N) is 1. The summed E-state index contributed by atoms with van der Waals surface area (Å²) in [6.07, 6.45) is 0. The molecule has 1 aromatic carbocycles. The van der Waals surface area contributed by atoms with Crippen molar-refractivity contribution in [3.8, 4) is 0 Å². The van der Waals surface area contributed by atoms with Crippen LogP contribution in [0.25, 0.3) is 10.2 Å². The summed E-state index contributed by atoms with van der Waals surface area (Å²) < 4.78 is 1.35. The number of aryl methyl sites for hydroxylation is 2. The zero-order chi connectivity index (χ0) is 10.3. The van der Waals surface area contributed by atoms with E-state index in [1.807, 2.05) is 11.3 Å². The van der Waals surface area contributed by atoms with Gasteiger partial charge in [-0.1, -0.05) is 19.9 Å². The van der Waals surface area contributed by atoms with Gasteiger partial charge in [0.1, 0.15) is 0 Å². The Morgan fingerprint density at radius 2 is 1.93 bits per heavy atom. The zero-order valence-electron chi connectivity index (χ0n) is 9.09. The molecule has 0 aliphatic carbocycles. The molecule has 0 spiro atoms. The lowest BCUT2D eigenvalue weighted by Gasteiger charge is -1.95. The first-order chi connectivity index (χ1) is 6.58. The van der Waals surface area contributed by atoms with Gasteiger partial charge in [-0.2, -0.15) is 0 Å². The summed E-state index contributed by atoms with van der Waals surface area (Å²) >= 11 is 1.83. The Kier molecular flexibility index (Phi) is 2.31. The van der Waals surface area contributed by atoms with E-state index in [1.165, 1.54) is 20.8 Å².